The molecule has 1 atom stereocenters. The molecule has 1 unspecified atom stereocenters. The van der Waals surface area contributed by atoms with Crippen molar-refractivity contribution >= 4 is 12.1 Å². The van der Waals surface area contributed by atoms with E-state index in [1.807, 2.05) is 68.4 Å². The summed E-state index contributed by atoms with van der Waals surface area (Å²) in [5.41, 5.74) is 5.27. The monoisotopic (exact) mass is 461 g/mol. The molecule has 0 saturated carbocycles. The van der Waals surface area contributed by atoms with Gasteiger partial charge in [0.25, 0.3) is 0 Å². The van der Waals surface area contributed by atoms with Gasteiger partial charge in [0, 0.05) is 18.7 Å². The highest BCUT2D eigenvalue weighted by Gasteiger charge is 2.20. The summed E-state index contributed by atoms with van der Waals surface area (Å²) in [4.78, 5) is 26.0. The lowest BCUT2D eigenvalue weighted by atomic mass is 9.92. The number of amides is 1. The largest absolute Gasteiger partial charge is 0.496 e. The zero-order valence-corrected chi connectivity index (χ0v) is 20.1. The topological polar surface area (TPSA) is 76.1 Å². The molecule has 0 spiro atoms. The van der Waals surface area contributed by atoms with E-state index in [1.54, 1.807) is 31.1 Å². The number of hydrogen-bond donors (Lipinski definition) is 1. The second-order valence-electron chi connectivity index (χ2n) is 8.23. The summed E-state index contributed by atoms with van der Waals surface area (Å²) in [7, 11) is 1.59. The van der Waals surface area contributed by atoms with E-state index in [9.17, 15) is 14.7 Å². The molecule has 0 saturated heterocycles. The molecule has 1 amide bonds. The molecule has 0 heterocycles. The van der Waals surface area contributed by atoms with Crippen molar-refractivity contribution in [3.8, 4) is 16.9 Å². The Morgan fingerprint density at radius 1 is 1.00 bits per heavy atom. The molecule has 0 aromatic heterocycles. The molecule has 3 aromatic rings. The number of carbonyl (C=O) groups is 2. The predicted molar refractivity (Wildman–Crippen MR) is 132 cm³/mol. The third kappa shape index (κ3) is 5.95. The van der Waals surface area contributed by atoms with Crippen molar-refractivity contribution in [2.75, 3.05) is 13.7 Å². The minimum Gasteiger partial charge on any atom is -0.496 e. The fourth-order valence-corrected chi connectivity index (χ4v) is 3.79. The van der Waals surface area contributed by atoms with E-state index in [1.165, 1.54) is 0 Å². The van der Waals surface area contributed by atoms with E-state index in [4.69, 9.17) is 9.47 Å². The number of carboxylic acid groups (broad SMARTS) is 1. The van der Waals surface area contributed by atoms with E-state index in [0.29, 0.717) is 24.4 Å². The van der Waals surface area contributed by atoms with Crippen LogP contribution in [0.2, 0.25) is 0 Å². The Kier molecular flexibility index (Phi) is 8.30. The molecular formula is C28H31NO5. The van der Waals surface area contributed by atoms with Gasteiger partial charge in [-0.05, 0) is 55.2 Å². The predicted octanol–water partition coefficient (Wildman–Crippen LogP) is 6.02. The quantitative estimate of drug-likeness (QED) is 0.422. The van der Waals surface area contributed by atoms with Crippen molar-refractivity contribution in [3.63, 3.8) is 0 Å². The average molecular weight is 462 g/mol. The number of nitrogens with zero attached hydrogens (tertiary/aromatic N) is 1. The van der Waals surface area contributed by atoms with Gasteiger partial charge >= 0.3 is 12.1 Å². The van der Waals surface area contributed by atoms with Gasteiger partial charge in [-0.15, -0.1) is 0 Å². The van der Waals surface area contributed by atoms with Crippen LogP contribution >= 0.6 is 0 Å². The molecular weight excluding hydrogens is 430 g/mol. The molecule has 3 aromatic carbocycles. The number of carboxylic acids is 1. The number of ether oxygens (including phenoxy) is 2. The van der Waals surface area contributed by atoms with E-state index in [0.717, 1.165) is 27.8 Å². The number of rotatable bonds is 9. The van der Waals surface area contributed by atoms with Gasteiger partial charge < -0.3 is 19.5 Å². The zero-order valence-electron chi connectivity index (χ0n) is 20.1. The van der Waals surface area contributed by atoms with Crippen molar-refractivity contribution in [1.82, 2.24) is 4.90 Å². The van der Waals surface area contributed by atoms with E-state index in [-0.39, 0.29) is 12.7 Å². The summed E-state index contributed by atoms with van der Waals surface area (Å²) in [5.74, 6) is -0.904. The summed E-state index contributed by atoms with van der Waals surface area (Å²) in [6.45, 7) is 6.61. The van der Waals surface area contributed by atoms with Gasteiger partial charge in [0.2, 0.25) is 0 Å². The summed E-state index contributed by atoms with van der Waals surface area (Å²) in [5, 5.41) is 9.47. The van der Waals surface area contributed by atoms with Crippen LogP contribution in [0.4, 0.5) is 4.79 Å². The third-order valence-electron chi connectivity index (χ3n) is 5.85. The van der Waals surface area contributed by atoms with Crippen molar-refractivity contribution < 1.29 is 24.2 Å². The molecule has 3 rings (SSSR count). The number of benzene rings is 3. The summed E-state index contributed by atoms with van der Waals surface area (Å²) in [6, 6.07) is 21.0. The molecule has 0 aliphatic carbocycles. The molecule has 1 N–H and O–H groups in total. The minimum atomic E-state index is -0.890. The van der Waals surface area contributed by atoms with Crippen LogP contribution in [0.15, 0.2) is 66.7 Å². The lowest BCUT2D eigenvalue weighted by Gasteiger charge is -2.23. The SMILES string of the molecule is CCN(Cc1cc(C)ccc1-c1cc(C(C)C(=O)O)ccc1OC)C(=O)OCc1ccccc1. The first-order valence-corrected chi connectivity index (χ1v) is 11.3. The van der Waals surface area contributed by atoms with Crippen LogP contribution in [-0.4, -0.2) is 35.7 Å². The maximum absolute atomic E-state index is 12.8. The molecule has 34 heavy (non-hydrogen) atoms. The highest BCUT2D eigenvalue weighted by atomic mass is 16.6. The first-order valence-electron chi connectivity index (χ1n) is 11.3. The fraction of sp³-hybridized carbons (Fsp3) is 0.286. The van der Waals surface area contributed by atoms with Crippen molar-refractivity contribution in [2.24, 2.45) is 0 Å². The van der Waals surface area contributed by atoms with Crippen LogP contribution in [0.3, 0.4) is 0 Å². The van der Waals surface area contributed by atoms with Gasteiger partial charge in [0.05, 0.1) is 13.0 Å². The van der Waals surface area contributed by atoms with Gasteiger partial charge in [-0.25, -0.2) is 4.79 Å². The standard InChI is InChI=1S/C28H31NO5/c1-5-29(28(32)34-18-21-9-7-6-8-10-21)17-23-15-19(2)11-13-24(23)25-16-22(20(3)27(30)31)12-14-26(25)33-4/h6-16,20H,5,17-18H2,1-4H3,(H,30,31). The average Bonchev–Trinajstić information content (AvgIpc) is 2.85. The molecule has 6 heteroatoms. The maximum atomic E-state index is 12.8. The van der Waals surface area contributed by atoms with Crippen LogP contribution in [-0.2, 0) is 22.7 Å². The lowest BCUT2D eigenvalue weighted by molar-refractivity contribution is -0.138. The molecule has 0 aliphatic rings. The second-order valence-corrected chi connectivity index (χ2v) is 8.23. The van der Waals surface area contributed by atoms with Gasteiger partial charge in [-0.1, -0.05) is 60.2 Å². The molecule has 0 bridgehead atoms. The van der Waals surface area contributed by atoms with Gasteiger partial charge in [-0.3, -0.25) is 4.79 Å². The van der Waals surface area contributed by atoms with E-state index < -0.39 is 11.9 Å². The molecule has 178 valence electrons. The Balaban J connectivity index is 1.92. The van der Waals surface area contributed by atoms with Gasteiger partial charge in [-0.2, -0.15) is 0 Å². The van der Waals surface area contributed by atoms with Crippen LogP contribution < -0.4 is 4.74 Å². The lowest BCUT2D eigenvalue weighted by Crippen LogP contribution is -2.31. The Morgan fingerprint density at radius 2 is 1.74 bits per heavy atom. The van der Waals surface area contributed by atoms with Crippen LogP contribution in [0.5, 0.6) is 5.75 Å². The Labute approximate surface area is 200 Å². The highest BCUT2D eigenvalue weighted by Crippen LogP contribution is 2.36. The summed E-state index contributed by atoms with van der Waals surface area (Å²) < 4.78 is 11.1. The van der Waals surface area contributed by atoms with Crippen molar-refractivity contribution in [2.45, 2.75) is 39.8 Å². The molecule has 0 aliphatic heterocycles. The van der Waals surface area contributed by atoms with Gasteiger partial charge in [0.1, 0.15) is 12.4 Å². The first kappa shape index (κ1) is 24.8. The molecule has 6 nitrogen and oxygen atoms in total. The van der Waals surface area contributed by atoms with Gasteiger partial charge in [0.15, 0.2) is 0 Å². The van der Waals surface area contributed by atoms with Crippen LogP contribution in [0, 0.1) is 6.92 Å². The van der Waals surface area contributed by atoms with Crippen LogP contribution in [0.1, 0.15) is 42.0 Å². The first-order chi connectivity index (χ1) is 16.3. The summed E-state index contributed by atoms with van der Waals surface area (Å²) in [6.07, 6.45) is -0.390. The number of aryl methyl sites for hydroxylation is 1. The van der Waals surface area contributed by atoms with E-state index >= 15 is 0 Å². The summed E-state index contributed by atoms with van der Waals surface area (Å²) >= 11 is 0. The normalized spacial score (nSPS) is 11.5. The maximum Gasteiger partial charge on any atom is 0.410 e. The Morgan fingerprint density at radius 3 is 2.38 bits per heavy atom. The fourth-order valence-electron chi connectivity index (χ4n) is 3.79. The minimum absolute atomic E-state index is 0.208. The smallest absolute Gasteiger partial charge is 0.410 e. The highest BCUT2D eigenvalue weighted by molar-refractivity contribution is 5.79. The number of hydrogen-bond acceptors (Lipinski definition) is 4. The van der Waals surface area contributed by atoms with E-state index in [2.05, 4.69) is 0 Å². The number of methoxy groups -OCH3 is 1. The number of carbonyl (C=O) groups excluding carboxylic acids is 1. The zero-order chi connectivity index (χ0) is 24.7. The molecule has 0 fully saturated rings. The molecule has 0 radical (unpaired) electrons. The van der Waals surface area contributed by atoms with Crippen molar-refractivity contribution in [1.29, 1.82) is 0 Å². The number of aliphatic carboxylic acids is 1. The second kappa shape index (κ2) is 11.4. The van der Waals surface area contributed by atoms with Crippen LogP contribution in [0.25, 0.3) is 11.1 Å². The third-order valence-corrected chi connectivity index (χ3v) is 5.85. The Hall–Kier alpha value is -3.80. The van der Waals surface area contributed by atoms with Crippen molar-refractivity contribution in [3.05, 3.63) is 89.0 Å². The Bertz CT molecular complexity index is 1140.